The van der Waals surface area contributed by atoms with E-state index in [0.29, 0.717) is 13.1 Å². The van der Waals surface area contributed by atoms with Crippen molar-refractivity contribution in [3.8, 4) is 0 Å². The standard InChI is InChI=1S/C11H21N5/c1-4-12-10-14-7-8-15-11-13-6-5-9-16(2)3/h4-9H2,1-3H3. The highest BCUT2D eigenvalue weighted by atomic mass is 15.0. The zero-order chi connectivity index (χ0) is 12.1. The molecule has 0 fully saturated rings. The normalized spacial score (nSPS) is 9.25. The Bertz CT molecular complexity index is 270. The summed E-state index contributed by atoms with van der Waals surface area (Å²) < 4.78 is 0. The van der Waals surface area contributed by atoms with Gasteiger partial charge in [0.1, 0.15) is 0 Å². The van der Waals surface area contributed by atoms with Gasteiger partial charge in [-0.15, -0.1) is 0 Å². The molecule has 0 aliphatic rings. The van der Waals surface area contributed by atoms with Gasteiger partial charge in [0.25, 0.3) is 0 Å². The lowest BCUT2D eigenvalue weighted by Gasteiger charge is -2.05. The Labute approximate surface area is 97.7 Å². The van der Waals surface area contributed by atoms with Crippen molar-refractivity contribution in [1.82, 2.24) is 4.90 Å². The third kappa shape index (κ3) is 12.7. The Morgan fingerprint density at radius 3 is 2.00 bits per heavy atom. The van der Waals surface area contributed by atoms with Crippen LogP contribution in [0.5, 0.6) is 0 Å². The van der Waals surface area contributed by atoms with Gasteiger partial charge in [-0.3, -0.25) is 0 Å². The molecule has 16 heavy (non-hydrogen) atoms. The Balaban J connectivity index is 3.45. The lowest BCUT2D eigenvalue weighted by Crippen LogP contribution is -2.13. The predicted octanol–water partition coefficient (Wildman–Crippen LogP) is 1.31. The third-order valence-corrected chi connectivity index (χ3v) is 1.64. The van der Waals surface area contributed by atoms with Gasteiger partial charge < -0.3 is 4.90 Å². The van der Waals surface area contributed by atoms with Crippen molar-refractivity contribution in [2.45, 2.75) is 13.3 Å². The van der Waals surface area contributed by atoms with Crippen LogP contribution in [0.1, 0.15) is 13.3 Å². The minimum Gasteiger partial charge on any atom is -0.309 e. The van der Waals surface area contributed by atoms with E-state index < -0.39 is 0 Å². The molecule has 0 aromatic heterocycles. The number of rotatable bonds is 8. The van der Waals surface area contributed by atoms with Crippen LogP contribution in [0.2, 0.25) is 0 Å². The topological polar surface area (TPSA) is 52.7 Å². The van der Waals surface area contributed by atoms with Crippen LogP contribution in [0.15, 0.2) is 20.0 Å². The first-order chi connectivity index (χ1) is 7.77. The van der Waals surface area contributed by atoms with Gasteiger partial charge in [-0.1, -0.05) is 0 Å². The fourth-order valence-electron chi connectivity index (χ4n) is 0.887. The second-order valence-electron chi connectivity index (χ2n) is 3.48. The Morgan fingerprint density at radius 1 is 0.875 bits per heavy atom. The quantitative estimate of drug-likeness (QED) is 0.452. The van der Waals surface area contributed by atoms with Gasteiger partial charge in [0.2, 0.25) is 0 Å². The van der Waals surface area contributed by atoms with Crippen molar-refractivity contribution in [3.63, 3.8) is 0 Å². The monoisotopic (exact) mass is 223 g/mol. The maximum atomic E-state index is 4.05. The van der Waals surface area contributed by atoms with Gasteiger partial charge in [-0.2, -0.15) is 0 Å². The molecular formula is C11H21N5. The van der Waals surface area contributed by atoms with E-state index in [9.17, 15) is 0 Å². The van der Waals surface area contributed by atoms with Crippen molar-refractivity contribution in [1.29, 1.82) is 0 Å². The molecule has 0 bridgehead atoms. The van der Waals surface area contributed by atoms with Crippen LogP contribution in [-0.4, -0.2) is 63.7 Å². The number of nitrogens with zero attached hydrogens (tertiary/aromatic N) is 5. The molecular weight excluding hydrogens is 202 g/mol. The third-order valence-electron chi connectivity index (χ3n) is 1.64. The molecule has 0 amide bonds. The molecule has 0 saturated carbocycles. The Hall–Kier alpha value is -1.28. The van der Waals surface area contributed by atoms with Crippen molar-refractivity contribution in [2.75, 3.05) is 46.8 Å². The van der Waals surface area contributed by atoms with Crippen LogP contribution in [-0.2, 0) is 0 Å². The minimum atomic E-state index is 0.601. The summed E-state index contributed by atoms with van der Waals surface area (Å²) in [6, 6.07) is 5.25. The average Bonchev–Trinajstić information content (AvgIpc) is 2.25. The molecule has 0 N–H and O–H groups in total. The van der Waals surface area contributed by atoms with E-state index in [0.717, 1.165) is 26.1 Å². The number of aliphatic imine (C=N–C) groups is 4. The van der Waals surface area contributed by atoms with E-state index in [2.05, 4.69) is 36.9 Å². The zero-order valence-electron chi connectivity index (χ0n) is 10.5. The lowest BCUT2D eigenvalue weighted by atomic mass is 10.4. The van der Waals surface area contributed by atoms with Crippen molar-refractivity contribution in [2.24, 2.45) is 20.0 Å². The minimum absolute atomic E-state index is 0.601. The molecule has 90 valence electrons. The summed E-state index contributed by atoms with van der Waals surface area (Å²) in [7, 11) is 4.10. The molecule has 0 heterocycles. The van der Waals surface area contributed by atoms with Crippen LogP contribution in [0.3, 0.4) is 0 Å². The highest BCUT2D eigenvalue weighted by Crippen LogP contribution is 1.82. The summed E-state index contributed by atoms with van der Waals surface area (Å²) in [5.74, 6) is 0. The summed E-state index contributed by atoms with van der Waals surface area (Å²) in [5, 5.41) is 0. The fourth-order valence-corrected chi connectivity index (χ4v) is 0.887. The van der Waals surface area contributed by atoms with Crippen LogP contribution in [0.25, 0.3) is 0 Å². The van der Waals surface area contributed by atoms with E-state index in [4.69, 9.17) is 0 Å². The molecule has 0 unspecified atom stereocenters. The van der Waals surface area contributed by atoms with Crippen molar-refractivity contribution in [3.05, 3.63) is 0 Å². The van der Waals surface area contributed by atoms with E-state index >= 15 is 0 Å². The molecule has 0 rings (SSSR count). The van der Waals surface area contributed by atoms with E-state index in [-0.39, 0.29) is 0 Å². The first-order valence-corrected chi connectivity index (χ1v) is 5.58. The highest BCUT2D eigenvalue weighted by Gasteiger charge is 1.86. The molecule has 0 aromatic rings. The molecule has 0 aliphatic carbocycles. The van der Waals surface area contributed by atoms with Gasteiger partial charge in [0.15, 0.2) is 0 Å². The van der Waals surface area contributed by atoms with Gasteiger partial charge >= 0.3 is 0 Å². The SMILES string of the molecule is CCN=C=NCCN=C=NCCCN(C)C. The van der Waals surface area contributed by atoms with Crippen LogP contribution in [0, 0.1) is 0 Å². The van der Waals surface area contributed by atoms with Gasteiger partial charge in [-0.05, 0) is 34.0 Å². The largest absolute Gasteiger partial charge is 0.309 e. The molecule has 0 aromatic carbocycles. The second-order valence-corrected chi connectivity index (χ2v) is 3.48. The van der Waals surface area contributed by atoms with E-state index in [1.165, 1.54) is 0 Å². The van der Waals surface area contributed by atoms with Gasteiger partial charge in [0, 0.05) is 6.54 Å². The maximum absolute atomic E-state index is 4.05. The molecule has 5 heteroatoms. The first kappa shape index (κ1) is 14.7. The van der Waals surface area contributed by atoms with Crippen molar-refractivity contribution < 1.29 is 0 Å². The van der Waals surface area contributed by atoms with E-state index in [1.54, 1.807) is 0 Å². The zero-order valence-corrected chi connectivity index (χ0v) is 10.5. The van der Waals surface area contributed by atoms with Crippen LogP contribution >= 0.6 is 0 Å². The molecule has 0 atom stereocenters. The number of hydrogen-bond donors (Lipinski definition) is 0. The van der Waals surface area contributed by atoms with Gasteiger partial charge in [-0.25, -0.2) is 20.0 Å². The lowest BCUT2D eigenvalue weighted by molar-refractivity contribution is 0.403. The molecule has 0 saturated heterocycles. The van der Waals surface area contributed by atoms with Crippen molar-refractivity contribution >= 4 is 12.0 Å². The van der Waals surface area contributed by atoms with Crippen LogP contribution in [0.4, 0.5) is 0 Å². The predicted molar refractivity (Wildman–Crippen MR) is 68.0 cm³/mol. The summed E-state index contributed by atoms with van der Waals surface area (Å²) in [6.07, 6.45) is 1.04. The summed E-state index contributed by atoms with van der Waals surface area (Å²) >= 11 is 0. The Morgan fingerprint density at radius 2 is 1.44 bits per heavy atom. The summed E-state index contributed by atoms with van der Waals surface area (Å²) in [6.45, 7) is 5.69. The molecule has 0 radical (unpaired) electrons. The first-order valence-electron chi connectivity index (χ1n) is 5.58. The molecule has 0 aliphatic heterocycles. The highest BCUT2D eigenvalue weighted by molar-refractivity contribution is 5.42. The summed E-state index contributed by atoms with van der Waals surface area (Å²) in [5.41, 5.74) is 0. The number of hydrogen-bond acceptors (Lipinski definition) is 5. The maximum Gasteiger partial charge on any atom is 0.0893 e. The molecule has 5 nitrogen and oxygen atoms in total. The Kier molecular flexibility index (Phi) is 10.8. The second kappa shape index (κ2) is 11.8. The summed E-state index contributed by atoms with van der Waals surface area (Å²) in [4.78, 5) is 17.9. The smallest absolute Gasteiger partial charge is 0.0893 e. The van der Waals surface area contributed by atoms with Crippen LogP contribution < -0.4 is 0 Å². The molecule has 0 spiro atoms. The fraction of sp³-hybridized carbons (Fsp3) is 0.818. The average molecular weight is 223 g/mol. The van der Waals surface area contributed by atoms with Gasteiger partial charge in [0.05, 0.1) is 31.7 Å². The van der Waals surface area contributed by atoms with E-state index in [1.807, 2.05) is 21.0 Å².